The van der Waals surface area contributed by atoms with Crippen molar-refractivity contribution in [2.24, 2.45) is 11.8 Å². The van der Waals surface area contributed by atoms with Crippen LogP contribution in [0.2, 0.25) is 0 Å². The molecule has 104 valence electrons. The molecule has 1 heterocycles. The number of carbonyl (C=O) groups is 1. The van der Waals surface area contributed by atoms with Crippen molar-refractivity contribution in [2.45, 2.75) is 32.6 Å². The Kier molecular flexibility index (Phi) is 4.80. The summed E-state index contributed by atoms with van der Waals surface area (Å²) in [5.74, 6) is 6.26. The third kappa shape index (κ3) is 3.47. The molecule has 1 aliphatic heterocycles. The van der Waals surface area contributed by atoms with Gasteiger partial charge >= 0.3 is 0 Å². The molecule has 4 heteroatoms. The highest BCUT2D eigenvalue weighted by molar-refractivity contribution is 5.94. The Morgan fingerprint density at radius 1 is 1.32 bits per heavy atom. The van der Waals surface area contributed by atoms with Crippen LogP contribution in [0.15, 0.2) is 24.3 Å². The van der Waals surface area contributed by atoms with E-state index in [2.05, 4.69) is 12.3 Å². The van der Waals surface area contributed by atoms with Gasteiger partial charge in [0, 0.05) is 24.3 Å². The number of piperidine rings is 1. The Balaban J connectivity index is 1.93. The molecule has 0 radical (unpaired) electrons. The van der Waals surface area contributed by atoms with E-state index in [1.807, 2.05) is 29.2 Å². The maximum Gasteiger partial charge on any atom is 0.253 e. The van der Waals surface area contributed by atoms with Gasteiger partial charge in [-0.3, -0.25) is 10.6 Å². The molecule has 0 aromatic heterocycles. The summed E-state index contributed by atoms with van der Waals surface area (Å²) in [6.07, 6.45) is 4.81. The normalized spacial score (nSPS) is 16.4. The molecule has 1 aromatic carbocycles. The van der Waals surface area contributed by atoms with Gasteiger partial charge in [0.1, 0.15) is 0 Å². The van der Waals surface area contributed by atoms with Gasteiger partial charge in [0.05, 0.1) is 0 Å². The van der Waals surface area contributed by atoms with E-state index in [1.54, 1.807) is 0 Å². The second-order valence-electron chi connectivity index (χ2n) is 5.25. The molecule has 0 atom stereocenters. The second kappa shape index (κ2) is 6.57. The molecule has 4 nitrogen and oxygen atoms in total. The van der Waals surface area contributed by atoms with E-state index in [0.717, 1.165) is 43.1 Å². The number of nitrogens with zero attached hydrogens (tertiary/aromatic N) is 1. The minimum absolute atomic E-state index is 0.138. The number of nitrogens with one attached hydrogen (secondary N) is 1. The number of hydrazine groups is 1. The molecule has 1 saturated heterocycles. The number of carbonyl (C=O) groups excluding carboxylic acids is 1. The van der Waals surface area contributed by atoms with Crippen LogP contribution >= 0.6 is 0 Å². The van der Waals surface area contributed by atoms with Gasteiger partial charge in [-0.15, -0.1) is 0 Å². The predicted octanol–water partition coefficient (Wildman–Crippen LogP) is 2.62. The third-order valence-electron chi connectivity index (χ3n) is 3.90. The van der Waals surface area contributed by atoms with Gasteiger partial charge in [-0.25, -0.2) is 0 Å². The third-order valence-corrected chi connectivity index (χ3v) is 3.90. The first-order chi connectivity index (χ1) is 9.24. The lowest BCUT2D eigenvalue weighted by Gasteiger charge is -2.32. The maximum atomic E-state index is 12.3. The average Bonchev–Trinajstić information content (AvgIpc) is 2.48. The standard InChI is InChI=1S/C15H23N3O/c1-2-3-12-8-10-18(11-9-12)15(19)13-4-6-14(17-16)7-5-13/h4-7,12,17H,2-3,8-11,16H2,1H3. The van der Waals surface area contributed by atoms with E-state index in [4.69, 9.17) is 5.84 Å². The number of likely N-dealkylation sites (tertiary alicyclic amines) is 1. The molecule has 1 fully saturated rings. The Morgan fingerprint density at radius 2 is 1.95 bits per heavy atom. The highest BCUT2D eigenvalue weighted by Gasteiger charge is 2.22. The van der Waals surface area contributed by atoms with E-state index in [9.17, 15) is 4.79 Å². The molecule has 0 spiro atoms. The van der Waals surface area contributed by atoms with Crippen LogP contribution in [0.4, 0.5) is 5.69 Å². The number of hydrogen-bond donors (Lipinski definition) is 2. The largest absolute Gasteiger partial charge is 0.339 e. The summed E-state index contributed by atoms with van der Waals surface area (Å²) >= 11 is 0. The van der Waals surface area contributed by atoms with Gasteiger partial charge in [0.15, 0.2) is 0 Å². The lowest BCUT2D eigenvalue weighted by molar-refractivity contribution is 0.0686. The summed E-state index contributed by atoms with van der Waals surface area (Å²) in [5.41, 5.74) is 4.13. The number of hydrogen-bond acceptors (Lipinski definition) is 3. The summed E-state index contributed by atoms with van der Waals surface area (Å²) in [4.78, 5) is 14.3. The fourth-order valence-electron chi connectivity index (χ4n) is 2.72. The van der Waals surface area contributed by atoms with Crippen molar-refractivity contribution >= 4 is 11.6 Å². The van der Waals surface area contributed by atoms with Crippen molar-refractivity contribution in [3.05, 3.63) is 29.8 Å². The Morgan fingerprint density at radius 3 is 2.47 bits per heavy atom. The van der Waals surface area contributed by atoms with E-state index >= 15 is 0 Å². The number of rotatable bonds is 4. The molecule has 2 rings (SSSR count). The highest BCUT2D eigenvalue weighted by Crippen LogP contribution is 2.23. The number of nitrogen functional groups attached to an aromatic ring is 1. The van der Waals surface area contributed by atoms with Crippen molar-refractivity contribution in [1.29, 1.82) is 0 Å². The van der Waals surface area contributed by atoms with Crippen LogP contribution in [-0.2, 0) is 0 Å². The van der Waals surface area contributed by atoms with Crippen molar-refractivity contribution in [3.8, 4) is 0 Å². The van der Waals surface area contributed by atoms with Crippen LogP contribution in [-0.4, -0.2) is 23.9 Å². The van der Waals surface area contributed by atoms with E-state index in [1.165, 1.54) is 12.8 Å². The van der Waals surface area contributed by atoms with Crippen molar-refractivity contribution in [1.82, 2.24) is 4.90 Å². The zero-order valence-corrected chi connectivity index (χ0v) is 11.6. The van der Waals surface area contributed by atoms with Crippen LogP contribution in [0, 0.1) is 5.92 Å². The van der Waals surface area contributed by atoms with E-state index < -0.39 is 0 Å². The first kappa shape index (κ1) is 13.9. The molecule has 1 aromatic rings. The molecule has 1 aliphatic rings. The molecular formula is C15H23N3O. The van der Waals surface area contributed by atoms with Gasteiger partial charge in [-0.1, -0.05) is 19.8 Å². The van der Waals surface area contributed by atoms with Gasteiger partial charge in [-0.05, 0) is 43.0 Å². The molecule has 0 aliphatic carbocycles. The number of amides is 1. The van der Waals surface area contributed by atoms with Crippen LogP contribution < -0.4 is 11.3 Å². The quantitative estimate of drug-likeness (QED) is 0.647. The first-order valence-corrected chi connectivity index (χ1v) is 7.10. The van der Waals surface area contributed by atoms with Gasteiger partial charge in [0.2, 0.25) is 0 Å². The lowest BCUT2D eigenvalue weighted by atomic mass is 9.92. The summed E-state index contributed by atoms with van der Waals surface area (Å²) < 4.78 is 0. The molecular weight excluding hydrogens is 238 g/mol. The van der Waals surface area contributed by atoms with Gasteiger partial charge in [-0.2, -0.15) is 0 Å². The summed E-state index contributed by atoms with van der Waals surface area (Å²) in [6, 6.07) is 7.32. The number of nitrogens with two attached hydrogens (primary N) is 1. The highest BCUT2D eigenvalue weighted by atomic mass is 16.2. The zero-order chi connectivity index (χ0) is 13.7. The monoisotopic (exact) mass is 261 g/mol. The Labute approximate surface area is 114 Å². The van der Waals surface area contributed by atoms with Gasteiger partial charge in [0.25, 0.3) is 5.91 Å². The molecule has 0 saturated carbocycles. The molecule has 3 N–H and O–H groups in total. The summed E-state index contributed by atoms with van der Waals surface area (Å²) in [6.45, 7) is 4.01. The fourth-order valence-corrected chi connectivity index (χ4v) is 2.72. The predicted molar refractivity (Wildman–Crippen MR) is 77.8 cm³/mol. The smallest absolute Gasteiger partial charge is 0.253 e. The van der Waals surface area contributed by atoms with E-state index in [0.29, 0.717) is 0 Å². The topological polar surface area (TPSA) is 58.4 Å². The molecule has 0 unspecified atom stereocenters. The zero-order valence-electron chi connectivity index (χ0n) is 11.6. The van der Waals surface area contributed by atoms with Crippen LogP contribution in [0.25, 0.3) is 0 Å². The van der Waals surface area contributed by atoms with Crippen LogP contribution in [0.5, 0.6) is 0 Å². The molecule has 1 amide bonds. The van der Waals surface area contributed by atoms with Gasteiger partial charge < -0.3 is 10.3 Å². The van der Waals surface area contributed by atoms with Crippen LogP contribution in [0.3, 0.4) is 0 Å². The maximum absolute atomic E-state index is 12.3. The van der Waals surface area contributed by atoms with Crippen molar-refractivity contribution in [2.75, 3.05) is 18.5 Å². The Bertz CT molecular complexity index is 408. The number of anilines is 1. The summed E-state index contributed by atoms with van der Waals surface area (Å²) in [5, 5.41) is 0. The molecule has 19 heavy (non-hydrogen) atoms. The van der Waals surface area contributed by atoms with E-state index in [-0.39, 0.29) is 5.91 Å². The Hall–Kier alpha value is -1.55. The van der Waals surface area contributed by atoms with Crippen molar-refractivity contribution in [3.63, 3.8) is 0 Å². The minimum Gasteiger partial charge on any atom is -0.339 e. The number of benzene rings is 1. The lowest BCUT2D eigenvalue weighted by Crippen LogP contribution is -2.38. The minimum atomic E-state index is 0.138. The first-order valence-electron chi connectivity index (χ1n) is 7.10. The second-order valence-corrected chi connectivity index (χ2v) is 5.25. The average molecular weight is 261 g/mol. The van der Waals surface area contributed by atoms with Crippen LogP contribution in [0.1, 0.15) is 43.0 Å². The fraction of sp³-hybridized carbons (Fsp3) is 0.533. The van der Waals surface area contributed by atoms with Crippen molar-refractivity contribution < 1.29 is 4.79 Å². The molecule has 0 bridgehead atoms. The SMILES string of the molecule is CCCC1CCN(C(=O)c2ccc(NN)cc2)CC1. The summed E-state index contributed by atoms with van der Waals surface area (Å²) in [7, 11) is 0.